The van der Waals surface area contributed by atoms with Gasteiger partial charge in [-0.25, -0.2) is 4.98 Å². The van der Waals surface area contributed by atoms with Gasteiger partial charge in [-0.1, -0.05) is 11.6 Å². The van der Waals surface area contributed by atoms with Crippen molar-refractivity contribution < 1.29 is 19.1 Å². The van der Waals surface area contributed by atoms with Gasteiger partial charge in [0.1, 0.15) is 6.10 Å². The van der Waals surface area contributed by atoms with Gasteiger partial charge in [-0.2, -0.15) is 0 Å². The lowest BCUT2D eigenvalue weighted by Gasteiger charge is -2.17. The molecule has 2 aromatic rings. The van der Waals surface area contributed by atoms with Gasteiger partial charge in [0.15, 0.2) is 0 Å². The van der Waals surface area contributed by atoms with Gasteiger partial charge in [-0.3, -0.25) is 9.59 Å². The Hall–Kier alpha value is -2.64. The first kappa shape index (κ1) is 18.7. The average Bonchev–Trinajstić information content (AvgIpc) is 3.32. The number of amides is 2. The molecule has 28 heavy (non-hydrogen) atoms. The van der Waals surface area contributed by atoms with Crippen LogP contribution < -0.4 is 15.0 Å². The largest absolute Gasteiger partial charge is 0.472 e. The number of anilines is 1. The number of nitrogens with zero attached hydrogens (tertiary/aromatic N) is 2. The van der Waals surface area contributed by atoms with Crippen LogP contribution in [0.5, 0.6) is 5.88 Å². The van der Waals surface area contributed by atoms with E-state index in [1.165, 1.54) is 0 Å². The molecule has 0 bridgehead atoms. The highest BCUT2D eigenvalue weighted by Crippen LogP contribution is 2.24. The number of ether oxygens (including phenoxy) is 2. The molecule has 3 heterocycles. The molecule has 2 atom stereocenters. The molecule has 4 rings (SSSR count). The monoisotopic (exact) mass is 401 g/mol. The van der Waals surface area contributed by atoms with Crippen molar-refractivity contribution in [1.82, 2.24) is 10.3 Å². The lowest BCUT2D eigenvalue weighted by atomic mass is 10.2. The minimum absolute atomic E-state index is 0.0346. The summed E-state index contributed by atoms with van der Waals surface area (Å²) < 4.78 is 11.0. The Kier molecular flexibility index (Phi) is 5.45. The Morgan fingerprint density at radius 1 is 1.29 bits per heavy atom. The molecule has 7 nitrogen and oxygen atoms in total. The SMILES string of the molecule is O=C(NC1CC(=O)N(c2ccc(Cl)cc2)C1)c1ccnc(OC2CCOC2)c1. The summed E-state index contributed by atoms with van der Waals surface area (Å²) in [4.78, 5) is 30.8. The zero-order valence-electron chi connectivity index (χ0n) is 15.1. The van der Waals surface area contributed by atoms with Crippen LogP contribution in [0.3, 0.4) is 0 Å². The zero-order valence-corrected chi connectivity index (χ0v) is 15.9. The number of pyridine rings is 1. The fourth-order valence-corrected chi connectivity index (χ4v) is 3.46. The summed E-state index contributed by atoms with van der Waals surface area (Å²) in [5.41, 5.74) is 1.21. The van der Waals surface area contributed by atoms with Gasteiger partial charge in [-0.05, 0) is 30.3 Å². The maximum atomic E-state index is 12.6. The van der Waals surface area contributed by atoms with Crippen molar-refractivity contribution in [2.45, 2.75) is 25.0 Å². The second-order valence-electron chi connectivity index (χ2n) is 6.84. The van der Waals surface area contributed by atoms with E-state index in [0.717, 1.165) is 12.1 Å². The topological polar surface area (TPSA) is 80.8 Å². The summed E-state index contributed by atoms with van der Waals surface area (Å²) in [6.45, 7) is 1.62. The Morgan fingerprint density at radius 2 is 2.11 bits per heavy atom. The normalized spacial score (nSPS) is 21.8. The van der Waals surface area contributed by atoms with Crippen LogP contribution in [0, 0.1) is 0 Å². The van der Waals surface area contributed by atoms with Gasteiger partial charge in [0.2, 0.25) is 11.8 Å². The van der Waals surface area contributed by atoms with E-state index in [1.54, 1.807) is 47.5 Å². The van der Waals surface area contributed by atoms with Crippen molar-refractivity contribution in [3.8, 4) is 5.88 Å². The number of carbonyl (C=O) groups is 2. The molecule has 2 aliphatic heterocycles. The highest BCUT2D eigenvalue weighted by molar-refractivity contribution is 6.30. The van der Waals surface area contributed by atoms with Crippen LogP contribution in [0.2, 0.25) is 5.02 Å². The molecule has 8 heteroatoms. The predicted molar refractivity (Wildman–Crippen MR) is 104 cm³/mol. The van der Waals surface area contributed by atoms with Gasteiger partial charge < -0.3 is 19.7 Å². The van der Waals surface area contributed by atoms with E-state index in [0.29, 0.717) is 36.2 Å². The lowest BCUT2D eigenvalue weighted by molar-refractivity contribution is -0.117. The smallest absolute Gasteiger partial charge is 0.251 e. The molecule has 2 aliphatic rings. The Bertz CT molecular complexity index is 868. The van der Waals surface area contributed by atoms with Crippen molar-refractivity contribution in [2.24, 2.45) is 0 Å². The lowest BCUT2D eigenvalue weighted by Crippen LogP contribution is -2.37. The van der Waals surface area contributed by atoms with Crippen molar-refractivity contribution in [3.05, 3.63) is 53.2 Å². The Labute approximate surface area is 167 Å². The van der Waals surface area contributed by atoms with Crippen LogP contribution in [0.25, 0.3) is 0 Å². The first-order valence-corrected chi connectivity index (χ1v) is 9.53. The molecule has 0 radical (unpaired) electrons. The van der Waals surface area contributed by atoms with Crippen LogP contribution in [0.15, 0.2) is 42.6 Å². The first-order chi connectivity index (χ1) is 13.6. The minimum atomic E-state index is -0.267. The van der Waals surface area contributed by atoms with E-state index >= 15 is 0 Å². The van der Waals surface area contributed by atoms with Crippen molar-refractivity contribution in [1.29, 1.82) is 0 Å². The summed E-state index contributed by atoms with van der Waals surface area (Å²) in [6.07, 6.45) is 2.57. The van der Waals surface area contributed by atoms with Gasteiger partial charge in [-0.15, -0.1) is 0 Å². The number of nitrogens with one attached hydrogen (secondary N) is 1. The Morgan fingerprint density at radius 3 is 2.86 bits per heavy atom. The number of hydrogen-bond acceptors (Lipinski definition) is 5. The van der Waals surface area contributed by atoms with E-state index in [4.69, 9.17) is 21.1 Å². The highest BCUT2D eigenvalue weighted by Gasteiger charge is 2.31. The summed E-state index contributed by atoms with van der Waals surface area (Å²) in [6, 6.07) is 10.0. The number of hydrogen-bond donors (Lipinski definition) is 1. The Balaban J connectivity index is 1.38. The molecule has 2 unspecified atom stereocenters. The summed E-state index contributed by atoms with van der Waals surface area (Å²) >= 11 is 5.90. The maximum Gasteiger partial charge on any atom is 0.251 e. The van der Waals surface area contributed by atoms with Crippen LogP contribution in [-0.4, -0.2) is 48.7 Å². The van der Waals surface area contributed by atoms with E-state index < -0.39 is 0 Å². The molecule has 2 saturated heterocycles. The average molecular weight is 402 g/mol. The van der Waals surface area contributed by atoms with E-state index in [9.17, 15) is 9.59 Å². The molecular weight excluding hydrogens is 382 g/mol. The van der Waals surface area contributed by atoms with Crippen LogP contribution in [0.1, 0.15) is 23.2 Å². The number of halogens is 1. The van der Waals surface area contributed by atoms with Crippen LogP contribution in [0.4, 0.5) is 5.69 Å². The van der Waals surface area contributed by atoms with Gasteiger partial charge in [0.25, 0.3) is 5.91 Å². The summed E-state index contributed by atoms with van der Waals surface area (Å²) in [7, 11) is 0. The fraction of sp³-hybridized carbons (Fsp3) is 0.350. The first-order valence-electron chi connectivity index (χ1n) is 9.16. The van der Waals surface area contributed by atoms with E-state index in [2.05, 4.69) is 10.3 Å². The number of benzene rings is 1. The quantitative estimate of drug-likeness (QED) is 0.832. The molecule has 0 spiro atoms. The summed E-state index contributed by atoms with van der Waals surface area (Å²) in [5, 5.41) is 3.53. The molecule has 2 amide bonds. The van der Waals surface area contributed by atoms with Crippen molar-refractivity contribution in [3.63, 3.8) is 0 Å². The molecule has 0 aliphatic carbocycles. The molecule has 146 valence electrons. The highest BCUT2D eigenvalue weighted by atomic mass is 35.5. The van der Waals surface area contributed by atoms with Crippen molar-refractivity contribution >= 4 is 29.1 Å². The van der Waals surface area contributed by atoms with Crippen molar-refractivity contribution in [2.75, 3.05) is 24.7 Å². The second kappa shape index (κ2) is 8.16. The zero-order chi connectivity index (χ0) is 19.5. The summed E-state index contributed by atoms with van der Waals surface area (Å²) in [5.74, 6) is 0.103. The van der Waals surface area contributed by atoms with Gasteiger partial charge in [0.05, 0.1) is 19.3 Å². The van der Waals surface area contributed by atoms with E-state index in [-0.39, 0.29) is 30.4 Å². The number of carbonyl (C=O) groups excluding carboxylic acids is 2. The third-order valence-electron chi connectivity index (χ3n) is 4.77. The standard InChI is InChI=1S/C20H20ClN3O4/c21-14-1-3-16(4-2-14)24-11-15(10-19(24)25)23-20(26)13-5-7-22-18(9-13)28-17-6-8-27-12-17/h1-5,7,9,15,17H,6,8,10-12H2,(H,23,26). The van der Waals surface area contributed by atoms with Gasteiger partial charge >= 0.3 is 0 Å². The van der Waals surface area contributed by atoms with Crippen LogP contribution >= 0.6 is 11.6 Å². The second-order valence-corrected chi connectivity index (χ2v) is 7.28. The minimum Gasteiger partial charge on any atom is -0.472 e. The van der Waals surface area contributed by atoms with E-state index in [1.807, 2.05) is 0 Å². The molecule has 1 aromatic carbocycles. The fourth-order valence-electron chi connectivity index (χ4n) is 3.34. The third kappa shape index (κ3) is 4.26. The number of rotatable bonds is 5. The van der Waals surface area contributed by atoms with Gasteiger partial charge in [0, 0.05) is 47.9 Å². The number of aromatic nitrogens is 1. The molecule has 2 fully saturated rings. The molecular formula is C20H20ClN3O4. The molecule has 1 N–H and O–H groups in total. The third-order valence-corrected chi connectivity index (χ3v) is 5.02. The van der Waals surface area contributed by atoms with Crippen LogP contribution in [-0.2, 0) is 9.53 Å². The molecule has 1 aromatic heterocycles. The predicted octanol–water partition coefficient (Wildman–Crippen LogP) is 2.44. The molecule has 0 saturated carbocycles. The maximum absolute atomic E-state index is 12.6.